The highest BCUT2D eigenvalue weighted by Gasteiger charge is 1.89. The molecule has 1 rings (SSSR count). The minimum Gasteiger partial charge on any atom is -0.462 e. The van der Waals surface area contributed by atoms with Crippen molar-refractivity contribution in [3.05, 3.63) is 48.0 Å². The van der Waals surface area contributed by atoms with Gasteiger partial charge in [-0.1, -0.05) is 36.4 Å². The molecule has 1 aromatic carbocycles. The van der Waals surface area contributed by atoms with Crippen LogP contribution in [0.4, 0.5) is 0 Å². The summed E-state index contributed by atoms with van der Waals surface area (Å²) in [7, 11) is 0. The quantitative estimate of drug-likeness (QED) is 0.419. The molecule has 0 aliphatic rings. The average Bonchev–Trinajstić information content (AvgIpc) is 2.29. The van der Waals surface area contributed by atoms with Crippen LogP contribution in [0, 0.1) is 0 Å². The standard InChI is InChI=1S/C13H16O3/c1-12(14)16-10-6-5-9-15-11-13-7-3-2-4-8-13/h2-8H,9-11H2,1H3/b6-5-. The Morgan fingerprint density at radius 3 is 2.56 bits per heavy atom. The Morgan fingerprint density at radius 1 is 1.19 bits per heavy atom. The number of rotatable bonds is 6. The van der Waals surface area contributed by atoms with Gasteiger partial charge in [0.15, 0.2) is 0 Å². The highest BCUT2D eigenvalue weighted by Crippen LogP contribution is 1.99. The minimum absolute atomic E-state index is 0.269. The van der Waals surface area contributed by atoms with Gasteiger partial charge in [0.2, 0.25) is 0 Å². The smallest absolute Gasteiger partial charge is 0.302 e. The minimum atomic E-state index is -0.269. The van der Waals surface area contributed by atoms with Gasteiger partial charge in [-0.2, -0.15) is 0 Å². The van der Waals surface area contributed by atoms with Crippen molar-refractivity contribution in [2.24, 2.45) is 0 Å². The van der Waals surface area contributed by atoms with Crippen LogP contribution in [0.1, 0.15) is 12.5 Å². The number of carbonyl (C=O) groups is 1. The lowest BCUT2D eigenvalue weighted by atomic mass is 10.2. The van der Waals surface area contributed by atoms with Crippen molar-refractivity contribution >= 4 is 5.97 Å². The van der Waals surface area contributed by atoms with Gasteiger partial charge in [-0.05, 0) is 11.6 Å². The Hall–Kier alpha value is -1.61. The van der Waals surface area contributed by atoms with Crippen LogP contribution < -0.4 is 0 Å². The highest BCUT2D eigenvalue weighted by atomic mass is 16.5. The summed E-state index contributed by atoms with van der Waals surface area (Å²) in [5, 5.41) is 0. The van der Waals surface area contributed by atoms with Crippen LogP contribution in [0.3, 0.4) is 0 Å². The summed E-state index contributed by atoms with van der Waals surface area (Å²) >= 11 is 0. The second kappa shape index (κ2) is 7.65. The van der Waals surface area contributed by atoms with Crippen molar-refractivity contribution in [2.75, 3.05) is 13.2 Å². The van der Waals surface area contributed by atoms with Crippen LogP contribution in [0.25, 0.3) is 0 Å². The monoisotopic (exact) mass is 220 g/mol. The summed E-state index contributed by atoms with van der Waals surface area (Å²) in [6.07, 6.45) is 3.61. The van der Waals surface area contributed by atoms with E-state index in [0.29, 0.717) is 19.8 Å². The molecule has 16 heavy (non-hydrogen) atoms. The van der Waals surface area contributed by atoms with E-state index in [4.69, 9.17) is 9.47 Å². The molecule has 86 valence electrons. The van der Waals surface area contributed by atoms with E-state index in [0.717, 1.165) is 5.56 Å². The zero-order valence-electron chi connectivity index (χ0n) is 9.39. The van der Waals surface area contributed by atoms with Gasteiger partial charge in [-0.25, -0.2) is 0 Å². The van der Waals surface area contributed by atoms with E-state index in [1.807, 2.05) is 36.4 Å². The van der Waals surface area contributed by atoms with Crippen molar-refractivity contribution < 1.29 is 14.3 Å². The summed E-state index contributed by atoms with van der Waals surface area (Å²) in [5.74, 6) is -0.269. The fraction of sp³-hybridized carbons (Fsp3) is 0.308. The molecule has 0 fully saturated rings. The lowest BCUT2D eigenvalue weighted by Crippen LogP contribution is -1.98. The lowest BCUT2D eigenvalue weighted by Gasteiger charge is -2.00. The van der Waals surface area contributed by atoms with Gasteiger partial charge in [0.05, 0.1) is 13.2 Å². The fourth-order valence-electron chi connectivity index (χ4n) is 1.12. The number of hydrogen-bond donors (Lipinski definition) is 0. The molecular weight excluding hydrogens is 204 g/mol. The van der Waals surface area contributed by atoms with Gasteiger partial charge >= 0.3 is 5.97 Å². The zero-order valence-corrected chi connectivity index (χ0v) is 9.39. The topological polar surface area (TPSA) is 35.5 Å². The third-order valence-electron chi connectivity index (χ3n) is 1.88. The molecule has 0 bridgehead atoms. The summed E-state index contributed by atoms with van der Waals surface area (Å²) in [5.41, 5.74) is 1.15. The first-order valence-corrected chi connectivity index (χ1v) is 5.19. The van der Waals surface area contributed by atoms with E-state index < -0.39 is 0 Å². The highest BCUT2D eigenvalue weighted by molar-refractivity contribution is 5.65. The first kappa shape index (κ1) is 12.5. The van der Waals surface area contributed by atoms with Crippen LogP contribution in [-0.2, 0) is 20.9 Å². The summed E-state index contributed by atoms with van der Waals surface area (Å²) in [6.45, 7) is 2.82. The number of ether oxygens (including phenoxy) is 2. The van der Waals surface area contributed by atoms with Gasteiger partial charge in [0.25, 0.3) is 0 Å². The van der Waals surface area contributed by atoms with Gasteiger partial charge in [-0.15, -0.1) is 0 Å². The van der Waals surface area contributed by atoms with Gasteiger partial charge in [0, 0.05) is 6.92 Å². The second-order valence-corrected chi connectivity index (χ2v) is 3.27. The van der Waals surface area contributed by atoms with E-state index in [1.165, 1.54) is 6.92 Å². The Labute approximate surface area is 95.7 Å². The molecular formula is C13H16O3. The van der Waals surface area contributed by atoms with E-state index >= 15 is 0 Å². The molecule has 0 spiro atoms. The Bertz CT molecular complexity index is 330. The predicted molar refractivity (Wildman–Crippen MR) is 61.9 cm³/mol. The predicted octanol–water partition coefficient (Wildman–Crippen LogP) is 2.32. The molecule has 0 atom stereocenters. The molecule has 1 aromatic rings. The normalized spacial score (nSPS) is 10.6. The number of benzene rings is 1. The van der Waals surface area contributed by atoms with Crippen LogP contribution in [0.2, 0.25) is 0 Å². The van der Waals surface area contributed by atoms with Crippen molar-refractivity contribution in [3.8, 4) is 0 Å². The van der Waals surface area contributed by atoms with Crippen molar-refractivity contribution in [2.45, 2.75) is 13.5 Å². The molecule has 0 unspecified atom stereocenters. The van der Waals surface area contributed by atoms with Crippen LogP contribution in [0.15, 0.2) is 42.5 Å². The zero-order chi connectivity index (χ0) is 11.6. The molecule has 0 aliphatic carbocycles. The molecule has 0 N–H and O–H groups in total. The van der Waals surface area contributed by atoms with E-state index in [2.05, 4.69) is 0 Å². The van der Waals surface area contributed by atoms with Crippen LogP contribution in [0.5, 0.6) is 0 Å². The maximum atomic E-state index is 10.4. The molecule has 3 nitrogen and oxygen atoms in total. The Balaban J connectivity index is 2.06. The molecule has 0 aliphatic heterocycles. The molecule has 0 radical (unpaired) electrons. The van der Waals surface area contributed by atoms with Gasteiger partial charge in [0.1, 0.15) is 6.61 Å². The largest absolute Gasteiger partial charge is 0.462 e. The fourth-order valence-corrected chi connectivity index (χ4v) is 1.12. The van der Waals surface area contributed by atoms with Gasteiger partial charge < -0.3 is 9.47 Å². The molecule has 0 saturated carbocycles. The SMILES string of the molecule is CC(=O)OC/C=C\COCc1ccccc1. The van der Waals surface area contributed by atoms with Crippen LogP contribution in [-0.4, -0.2) is 19.2 Å². The first-order chi connectivity index (χ1) is 7.79. The number of esters is 1. The molecule has 0 amide bonds. The van der Waals surface area contributed by atoms with Crippen molar-refractivity contribution in [3.63, 3.8) is 0 Å². The third kappa shape index (κ3) is 5.98. The molecule has 0 heterocycles. The van der Waals surface area contributed by atoms with Crippen molar-refractivity contribution in [1.82, 2.24) is 0 Å². The van der Waals surface area contributed by atoms with Crippen molar-refractivity contribution in [1.29, 1.82) is 0 Å². The maximum absolute atomic E-state index is 10.4. The molecule has 0 aromatic heterocycles. The van der Waals surface area contributed by atoms with E-state index in [9.17, 15) is 4.79 Å². The maximum Gasteiger partial charge on any atom is 0.302 e. The summed E-state index contributed by atoms with van der Waals surface area (Å²) in [4.78, 5) is 10.4. The third-order valence-corrected chi connectivity index (χ3v) is 1.88. The average molecular weight is 220 g/mol. The second-order valence-electron chi connectivity index (χ2n) is 3.27. The lowest BCUT2D eigenvalue weighted by molar-refractivity contribution is -0.139. The number of hydrogen-bond acceptors (Lipinski definition) is 3. The van der Waals surface area contributed by atoms with E-state index in [1.54, 1.807) is 6.08 Å². The van der Waals surface area contributed by atoms with Crippen LogP contribution >= 0.6 is 0 Å². The molecule has 3 heteroatoms. The van der Waals surface area contributed by atoms with Gasteiger partial charge in [-0.3, -0.25) is 4.79 Å². The summed E-state index contributed by atoms with van der Waals surface area (Å²) < 4.78 is 10.1. The first-order valence-electron chi connectivity index (χ1n) is 5.19. The Morgan fingerprint density at radius 2 is 1.88 bits per heavy atom. The molecule has 0 saturated heterocycles. The Kier molecular flexibility index (Phi) is 5.96. The number of carbonyl (C=O) groups excluding carboxylic acids is 1. The summed E-state index contributed by atoms with van der Waals surface area (Å²) in [6, 6.07) is 9.97. The van der Waals surface area contributed by atoms with E-state index in [-0.39, 0.29) is 5.97 Å².